The van der Waals surface area contributed by atoms with Crippen molar-refractivity contribution in [2.24, 2.45) is 0 Å². The zero-order chi connectivity index (χ0) is 31.6. The van der Waals surface area contributed by atoms with Gasteiger partial charge in [-0.15, -0.1) is 11.3 Å². The van der Waals surface area contributed by atoms with Crippen LogP contribution in [0.1, 0.15) is 0 Å². The summed E-state index contributed by atoms with van der Waals surface area (Å²) in [6.45, 7) is 0. The summed E-state index contributed by atoms with van der Waals surface area (Å²) in [5.74, 6) is 0. The fourth-order valence-electron chi connectivity index (χ4n) is 7.50. The molecule has 10 aromatic rings. The van der Waals surface area contributed by atoms with Gasteiger partial charge < -0.3 is 4.90 Å². The molecule has 0 aliphatic carbocycles. The van der Waals surface area contributed by atoms with Gasteiger partial charge in [-0.1, -0.05) is 115 Å². The van der Waals surface area contributed by atoms with E-state index in [0.29, 0.717) is 0 Å². The molecule has 0 bridgehead atoms. The third-order valence-electron chi connectivity index (χ3n) is 9.80. The molecule has 0 amide bonds. The third-order valence-corrected chi connectivity index (χ3v) is 10.9. The Kier molecular flexibility index (Phi) is 6.12. The highest BCUT2D eigenvalue weighted by Gasteiger charge is 2.16. The summed E-state index contributed by atoms with van der Waals surface area (Å²) in [5.41, 5.74) is 5.88. The topological polar surface area (TPSA) is 3.24 Å². The van der Waals surface area contributed by atoms with Gasteiger partial charge in [-0.3, -0.25) is 0 Å². The van der Waals surface area contributed by atoms with E-state index in [1.54, 1.807) is 0 Å². The van der Waals surface area contributed by atoms with Gasteiger partial charge in [0.05, 0.1) is 0 Å². The molecule has 1 heterocycles. The minimum Gasteiger partial charge on any atom is -0.310 e. The molecule has 0 saturated heterocycles. The Hall–Kier alpha value is -5.96. The zero-order valence-corrected chi connectivity index (χ0v) is 26.9. The number of nitrogens with zero attached hydrogens (tertiary/aromatic N) is 1. The van der Waals surface area contributed by atoms with Crippen LogP contribution >= 0.6 is 11.3 Å². The average molecular weight is 628 g/mol. The first-order chi connectivity index (χ1) is 23.8. The van der Waals surface area contributed by atoms with Gasteiger partial charge in [0.1, 0.15) is 0 Å². The van der Waals surface area contributed by atoms with E-state index in [1.165, 1.54) is 74.4 Å². The normalized spacial score (nSPS) is 11.8. The smallest absolute Gasteiger partial charge is 0.0468 e. The predicted molar refractivity (Wildman–Crippen MR) is 209 cm³/mol. The number of rotatable bonds is 4. The summed E-state index contributed by atoms with van der Waals surface area (Å²) < 4.78 is 2.63. The maximum Gasteiger partial charge on any atom is 0.0468 e. The summed E-state index contributed by atoms with van der Waals surface area (Å²) >= 11 is 1.87. The van der Waals surface area contributed by atoms with Crippen LogP contribution in [-0.2, 0) is 0 Å². The molecule has 0 aliphatic heterocycles. The third kappa shape index (κ3) is 4.31. The standard InChI is InChI=1S/C46H29NS/c1-2-13-34(14-3-1)47(36-23-25-45-44(28-36)43-26-32-11-4-5-12-33(32)27-46(43)48-45)35-21-18-31(19-22-35)41-29-42-37-15-7-6-10-30(37)20-24-40(42)38-16-8-9-17-39(38)41/h1-29H. The molecule has 1 aromatic heterocycles. The Morgan fingerprint density at radius 3 is 1.73 bits per heavy atom. The molecule has 2 heteroatoms. The molecular formula is C46H29NS. The van der Waals surface area contributed by atoms with Crippen molar-refractivity contribution in [3.8, 4) is 11.1 Å². The van der Waals surface area contributed by atoms with Crippen molar-refractivity contribution in [1.82, 2.24) is 0 Å². The Morgan fingerprint density at radius 1 is 0.312 bits per heavy atom. The second-order valence-corrected chi connectivity index (χ2v) is 13.6. The van der Waals surface area contributed by atoms with Crippen molar-refractivity contribution in [3.05, 3.63) is 176 Å². The van der Waals surface area contributed by atoms with Gasteiger partial charge in [0, 0.05) is 37.2 Å². The van der Waals surface area contributed by atoms with Gasteiger partial charge in [-0.25, -0.2) is 0 Å². The number of thiophene rings is 1. The van der Waals surface area contributed by atoms with Crippen LogP contribution in [0.3, 0.4) is 0 Å². The summed E-state index contributed by atoms with van der Waals surface area (Å²) in [5, 5.41) is 12.9. The van der Waals surface area contributed by atoms with Crippen LogP contribution in [0.2, 0.25) is 0 Å². The van der Waals surface area contributed by atoms with Crippen molar-refractivity contribution in [2.45, 2.75) is 0 Å². The predicted octanol–water partition coefficient (Wildman–Crippen LogP) is 13.8. The first-order valence-electron chi connectivity index (χ1n) is 16.4. The van der Waals surface area contributed by atoms with Crippen LogP contribution in [0.5, 0.6) is 0 Å². The number of hydrogen-bond donors (Lipinski definition) is 0. The van der Waals surface area contributed by atoms with E-state index in [9.17, 15) is 0 Å². The fourth-order valence-corrected chi connectivity index (χ4v) is 8.62. The minimum atomic E-state index is 1.13. The van der Waals surface area contributed by atoms with Gasteiger partial charge in [0.2, 0.25) is 0 Å². The lowest BCUT2D eigenvalue weighted by atomic mass is 9.91. The van der Waals surface area contributed by atoms with Crippen LogP contribution in [0.4, 0.5) is 17.1 Å². The summed E-state index contributed by atoms with van der Waals surface area (Å²) in [4.78, 5) is 2.37. The van der Waals surface area contributed by atoms with Gasteiger partial charge in [0.15, 0.2) is 0 Å². The molecule has 0 saturated carbocycles. The summed E-state index contributed by atoms with van der Waals surface area (Å²) in [6, 6.07) is 64.5. The number of para-hydroxylation sites is 1. The number of hydrogen-bond acceptors (Lipinski definition) is 2. The second-order valence-electron chi connectivity index (χ2n) is 12.5. The van der Waals surface area contributed by atoms with E-state index >= 15 is 0 Å². The van der Waals surface area contributed by atoms with Gasteiger partial charge in [-0.2, -0.15) is 0 Å². The van der Waals surface area contributed by atoms with Crippen molar-refractivity contribution in [3.63, 3.8) is 0 Å². The molecule has 9 aromatic carbocycles. The lowest BCUT2D eigenvalue weighted by Crippen LogP contribution is -2.09. The average Bonchev–Trinajstić information content (AvgIpc) is 3.51. The van der Waals surface area contributed by atoms with E-state index < -0.39 is 0 Å². The fraction of sp³-hybridized carbons (Fsp3) is 0. The Labute approximate surface area is 282 Å². The van der Waals surface area contributed by atoms with Crippen LogP contribution in [-0.4, -0.2) is 0 Å². The van der Waals surface area contributed by atoms with Crippen molar-refractivity contribution >= 4 is 91.7 Å². The summed E-state index contributed by atoms with van der Waals surface area (Å²) in [6.07, 6.45) is 0. The van der Waals surface area contributed by atoms with Crippen LogP contribution < -0.4 is 4.90 Å². The number of fused-ring (bicyclic) bond motifs is 9. The Balaban J connectivity index is 1.13. The van der Waals surface area contributed by atoms with E-state index in [2.05, 4.69) is 181 Å². The maximum absolute atomic E-state index is 2.39. The molecule has 0 fully saturated rings. The highest BCUT2D eigenvalue weighted by molar-refractivity contribution is 7.25. The van der Waals surface area contributed by atoms with Crippen LogP contribution in [0, 0.1) is 0 Å². The second kappa shape index (κ2) is 10.8. The molecule has 0 unspecified atom stereocenters. The first-order valence-corrected chi connectivity index (χ1v) is 17.2. The van der Waals surface area contributed by atoms with E-state index in [1.807, 2.05) is 11.3 Å². The maximum atomic E-state index is 2.39. The van der Waals surface area contributed by atoms with E-state index in [0.717, 1.165) is 17.1 Å². The van der Waals surface area contributed by atoms with Crippen molar-refractivity contribution in [1.29, 1.82) is 0 Å². The summed E-state index contributed by atoms with van der Waals surface area (Å²) in [7, 11) is 0. The van der Waals surface area contributed by atoms with Crippen molar-refractivity contribution in [2.75, 3.05) is 4.90 Å². The first kappa shape index (κ1) is 27.2. The highest BCUT2D eigenvalue weighted by Crippen LogP contribution is 2.43. The monoisotopic (exact) mass is 627 g/mol. The molecule has 48 heavy (non-hydrogen) atoms. The SMILES string of the molecule is c1ccc(N(c2ccc(-c3cc4c5ccccc5ccc4c4ccccc34)cc2)c2ccc3sc4cc5ccccc5cc4c3c2)cc1. The molecule has 0 N–H and O–H groups in total. The van der Waals surface area contributed by atoms with Crippen LogP contribution in [0.15, 0.2) is 176 Å². The lowest BCUT2D eigenvalue weighted by molar-refractivity contribution is 1.29. The Bertz CT molecular complexity index is 2830. The Morgan fingerprint density at radius 2 is 0.917 bits per heavy atom. The molecule has 224 valence electrons. The molecule has 10 rings (SSSR count). The molecular weight excluding hydrogens is 599 g/mol. The number of benzene rings is 9. The molecule has 0 aliphatic rings. The molecule has 0 atom stereocenters. The quantitative estimate of drug-likeness (QED) is 0.176. The van der Waals surface area contributed by atoms with Crippen LogP contribution in [0.25, 0.3) is 74.4 Å². The number of anilines is 3. The van der Waals surface area contributed by atoms with E-state index in [4.69, 9.17) is 0 Å². The minimum absolute atomic E-state index is 1.13. The molecule has 0 spiro atoms. The zero-order valence-electron chi connectivity index (χ0n) is 26.1. The van der Waals surface area contributed by atoms with Gasteiger partial charge in [0.25, 0.3) is 0 Å². The highest BCUT2D eigenvalue weighted by atomic mass is 32.1. The largest absolute Gasteiger partial charge is 0.310 e. The van der Waals surface area contributed by atoms with Crippen molar-refractivity contribution < 1.29 is 0 Å². The molecule has 0 radical (unpaired) electrons. The van der Waals surface area contributed by atoms with E-state index in [-0.39, 0.29) is 0 Å². The lowest BCUT2D eigenvalue weighted by Gasteiger charge is -2.26. The van der Waals surface area contributed by atoms with Gasteiger partial charge in [-0.05, 0) is 115 Å². The van der Waals surface area contributed by atoms with Gasteiger partial charge >= 0.3 is 0 Å². The molecule has 1 nitrogen and oxygen atoms in total.